The predicted molar refractivity (Wildman–Crippen MR) is 162 cm³/mol. The Morgan fingerprint density at radius 1 is 0.561 bits per heavy atom. The second kappa shape index (κ2) is 12.5. The van der Waals surface area contributed by atoms with Gasteiger partial charge in [0.1, 0.15) is 21.3 Å². The summed E-state index contributed by atoms with van der Waals surface area (Å²) in [7, 11) is 0. The number of nitrogens with zero attached hydrogens (tertiary/aromatic N) is 2. The summed E-state index contributed by atoms with van der Waals surface area (Å²) >= 11 is 1.02. The number of hydrogen-bond donors (Lipinski definition) is 4. The van der Waals surface area contributed by atoms with Gasteiger partial charge in [-0.3, -0.25) is 9.59 Å². The Labute approximate surface area is 240 Å². The van der Waals surface area contributed by atoms with E-state index in [9.17, 15) is 19.8 Å². The van der Waals surface area contributed by atoms with Crippen molar-refractivity contribution in [1.29, 1.82) is 0 Å². The monoisotopic (exact) mass is 560 g/mol. The molecule has 8 nitrogen and oxygen atoms in total. The highest BCUT2D eigenvalue weighted by Crippen LogP contribution is 2.43. The van der Waals surface area contributed by atoms with Crippen LogP contribution in [0.5, 0.6) is 11.5 Å². The molecule has 5 rings (SSSR count). The SMILES string of the molecule is O=C(NN=Cc1ccccc1O)c1sc(C(=O)NN=Cc2ccccc2O)c(-c2ccccc2)c1-c1ccccc1. The Hall–Kier alpha value is -5.54. The van der Waals surface area contributed by atoms with Crippen molar-refractivity contribution in [2.45, 2.75) is 0 Å². The summed E-state index contributed by atoms with van der Waals surface area (Å²) in [5.41, 5.74) is 8.57. The lowest BCUT2D eigenvalue weighted by atomic mass is 9.94. The van der Waals surface area contributed by atoms with E-state index in [2.05, 4.69) is 21.1 Å². The number of hydrazone groups is 2. The number of carbonyl (C=O) groups is 2. The van der Waals surface area contributed by atoms with Crippen LogP contribution in [0, 0.1) is 0 Å². The average molecular weight is 561 g/mol. The molecule has 5 aromatic rings. The van der Waals surface area contributed by atoms with E-state index in [1.54, 1.807) is 36.4 Å². The highest BCUT2D eigenvalue weighted by Gasteiger charge is 2.28. The number of phenols is 2. The van der Waals surface area contributed by atoms with E-state index in [0.717, 1.165) is 22.5 Å². The van der Waals surface area contributed by atoms with E-state index < -0.39 is 11.8 Å². The van der Waals surface area contributed by atoms with E-state index in [4.69, 9.17) is 0 Å². The van der Waals surface area contributed by atoms with Crippen LogP contribution in [0.4, 0.5) is 0 Å². The molecule has 0 aliphatic rings. The first-order chi connectivity index (χ1) is 20.0. The highest BCUT2D eigenvalue weighted by molar-refractivity contribution is 7.17. The second-order valence-corrected chi connectivity index (χ2v) is 9.78. The van der Waals surface area contributed by atoms with Gasteiger partial charge in [-0.2, -0.15) is 10.2 Å². The van der Waals surface area contributed by atoms with Crippen LogP contribution in [0.25, 0.3) is 22.3 Å². The van der Waals surface area contributed by atoms with Gasteiger partial charge in [0.05, 0.1) is 12.4 Å². The molecule has 9 heteroatoms. The lowest BCUT2D eigenvalue weighted by Gasteiger charge is -2.09. The molecule has 0 unspecified atom stereocenters. The maximum Gasteiger partial charge on any atom is 0.282 e. The number of benzene rings is 4. The summed E-state index contributed by atoms with van der Waals surface area (Å²) in [6.45, 7) is 0. The van der Waals surface area contributed by atoms with Gasteiger partial charge in [-0.1, -0.05) is 84.9 Å². The number of amides is 2. The number of nitrogens with one attached hydrogen (secondary N) is 2. The van der Waals surface area contributed by atoms with Crippen molar-refractivity contribution in [1.82, 2.24) is 10.9 Å². The minimum Gasteiger partial charge on any atom is -0.507 e. The fourth-order valence-corrected chi connectivity index (χ4v) is 5.25. The Balaban J connectivity index is 1.56. The van der Waals surface area contributed by atoms with Crippen molar-refractivity contribution in [3.63, 3.8) is 0 Å². The smallest absolute Gasteiger partial charge is 0.282 e. The van der Waals surface area contributed by atoms with E-state index in [1.807, 2.05) is 60.7 Å². The Morgan fingerprint density at radius 2 is 0.927 bits per heavy atom. The van der Waals surface area contributed by atoms with Crippen molar-refractivity contribution in [3.05, 3.63) is 130 Å². The topological polar surface area (TPSA) is 123 Å². The summed E-state index contributed by atoms with van der Waals surface area (Å²) in [5.74, 6) is -0.980. The minimum atomic E-state index is -0.519. The first-order valence-electron chi connectivity index (χ1n) is 12.5. The lowest BCUT2D eigenvalue weighted by molar-refractivity contribution is 0.0953. The predicted octanol–water partition coefficient (Wildman–Crippen LogP) is 6.02. The Bertz CT molecular complexity index is 1620. The fourth-order valence-electron chi connectivity index (χ4n) is 4.13. The second-order valence-electron chi connectivity index (χ2n) is 8.76. The molecule has 41 heavy (non-hydrogen) atoms. The number of aromatic hydroxyl groups is 2. The van der Waals surface area contributed by atoms with E-state index in [0.29, 0.717) is 22.3 Å². The Kier molecular flexibility index (Phi) is 8.27. The number of para-hydroxylation sites is 2. The standard InChI is InChI=1S/C32H24N4O4S/c37-25-17-9-7-15-23(25)19-33-35-31(39)29-27(21-11-3-1-4-12-21)28(22-13-5-2-6-14-22)30(41-29)32(40)36-34-20-24-16-8-10-18-26(24)38/h1-20,37-38H,(H,35,39)(H,36,40). The van der Waals surface area contributed by atoms with Crippen molar-refractivity contribution in [2.24, 2.45) is 10.2 Å². The summed E-state index contributed by atoms with van der Waals surface area (Å²) in [6.07, 6.45) is 2.70. The largest absolute Gasteiger partial charge is 0.507 e. The third kappa shape index (κ3) is 6.21. The molecule has 0 aliphatic heterocycles. The normalized spacial score (nSPS) is 11.1. The molecule has 0 fully saturated rings. The molecule has 0 bridgehead atoms. The van der Waals surface area contributed by atoms with Gasteiger partial charge >= 0.3 is 0 Å². The van der Waals surface area contributed by atoms with Gasteiger partial charge < -0.3 is 10.2 Å². The molecule has 0 saturated heterocycles. The first-order valence-corrected chi connectivity index (χ1v) is 13.3. The minimum absolute atomic E-state index is 0.0290. The number of carbonyl (C=O) groups excluding carboxylic acids is 2. The third-order valence-corrected chi connectivity index (χ3v) is 7.25. The average Bonchev–Trinajstić information content (AvgIpc) is 3.41. The zero-order chi connectivity index (χ0) is 28.6. The van der Waals surface area contributed by atoms with Crippen LogP contribution in [-0.4, -0.2) is 34.5 Å². The van der Waals surface area contributed by atoms with Gasteiger partial charge in [0.2, 0.25) is 0 Å². The van der Waals surface area contributed by atoms with Crippen LogP contribution in [-0.2, 0) is 0 Å². The fraction of sp³-hybridized carbons (Fsp3) is 0. The number of thiophene rings is 1. The Morgan fingerprint density at radius 3 is 1.32 bits per heavy atom. The molecule has 2 amide bonds. The molecule has 202 valence electrons. The summed E-state index contributed by atoms with van der Waals surface area (Å²) < 4.78 is 0. The van der Waals surface area contributed by atoms with Crippen LogP contribution in [0.15, 0.2) is 119 Å². The highest BCUT2D eigenvalue weighted by atomic mass is 32.1. The quantitative estimate of drug-likeness (QED) is 0.137. The van der Waals surface area contributed by atoms with Gasteiger partial charge in [-0.15, -0.1) is 11.3 Å². The molecular weight excluding hydrogens is 536 g/mol. The van der Waals surface area contributed by atoms with Gasteiger partial charge in [0, 0.05) is 22.3 Å². The zero-order valence-electron chi connectivity index (χ0n) is 21.6. The molecule has 1 heterocycles. The molecule has 4 N–H and O–H groups in total. The molecule has 0 atom stereocenters. The van der Waals surface area contributed by atoms with Gasteiger partial charge in [-0.25, -0.2) is 10.9 Å². The number of phenolic OH excluding ortho intramolecular Hbond substituents is 2. The zero-order valence-corrected chi connectivity index (χ0v) is 22.4. The van der Waals surface area contributed by atoms with Gasteiger partial charge in [0.15, 0.2) is 0 Å². The molecule has 0 saturated carbocycles. The van der Waals surface area contributed by atoms with Gasteiger partial charge in [0.25, 0.3) is 11.8 Å². The van der Waals surface area contributed by atoms with E-state index in [1.165, 1.54) is 24.6 Å². The van der Waals surface area contributed by atoms with Crippen molar-refractivity contribution >= 4 is 35.6 Å². The van der Waals surface area contributed by atoms with Gasteiger partial charge in [-0.05, 0) is 35.4 Å². The maximum atomic E-state index is 13.5. The van der Waals surface area contributed by atoms with Crippen molar-refractivity contribution in [2.75, 3.05) is 0 Å². The summed E-state index contributed by atoms with van der Waals surface area (Å²) in [4.78, 5) is 27.6. The van der Waals surface area contributed by atoms with Crippen LogP contribution in [0.3, 0.4) is 0 Å². The van der Waals surface area contributed by atoms with Crippen LogP contribution < -0.4 is 10.9 Å². The summed E-state index contributed by atoms with van der Waals surface area (Å²) in [5, 5.41) is 28.1. The molecule has 1 aromatic heterocycles. The molecule has 0 aliphatic carbocycles. The molecular formula is C32H24N4O4S. The number of rotatable bonds is 8. The number of hydrogen-bond acceptors (Lipinski definition) is 7. The van der Waals surface area contributed by atoms with E-state index >= 15 is 0 Å². The van der Waals surface area contributed by atoms with E-state index in [-0.39, 0.29) is 21.3 Å². The van der Waals surface area contributed by atoms with Crippen LogP contribution in [0.2, 0.25) is 0 Å². The molecule has 0 spiro atoms. The lowest BCUT2D eigenvalue weighted by Crippen LogP contribution is -2.17. The summed E-state index contributed by atoms with van der Waals surface area (Å²) in [6, 6.07) is 31.9. The third-order valence-electron chi connectivity index (χ3n) is 6.06. The van der Waals surface area contributed by atoms with Crippen molar-refractivity contribution < 1.29 is 19.8 Å². The molecule has 0 radical (unpaired) electrons. The maximum absolute atomic E-state index is 13.5. The molecule has 4 aromatic carbocycles. The first kappa shape index (κ1) is 27.0. The van der Waals surface area contributed by atoms with Crippen LogP contribution in [0.1, 0.15) is 30.5 Å². The van der Waals surface area contributed by atoms with Crippen LogP contribution >= 0.6 is 11.3 Å². The van der Waals surface area contributed by atoms with Crippen molar-refractivity contribution in [3.8, 4) is 33.8 Å².